The molecule has 1 fully saturated rings. The third-order valence-corrected chi connectivity index (χ3v) is 3.98. The third-order valence-electron chi connectivity index (χ3n) is 3.23. The van der Waals surface area contributed by atoms with Crippen LogP contribution in [0.5, 0.6) is 0 Å². The van der Waals surface area contributed by atoms with Crippen LogP contribution in [0.2, 0.25) is 0 Å². The van der Waals surface area contributed by atoms with Crippen LogP contribution in [-0.4, -0.2) is 36.3 Å². The Morgan fingerprint density at radius 1 is 1.29 bits per heavy atom. The SMILES string of the molecule is CCCNc1nc(C2COCCO2)nc(C(C)(C)C)c1Br. The summed E-state index contributed by atoms with van der Waals surface area (Å²) in [6.07, 6.45) is 0.856. The number of hydrogen-bond acceptors (Lipinski definition) is 5. The molecule has 1 atom stereocenters. The molecule has 6 heteroatoms. The van der Waals surface area contributed by atoms with Crippen LogP contribution in [0.25, 0.3) is 0 Å². The van der Waals surface area contributed by atoms with Crippen LogP contribution in [0.3, 0.4) is 0 Å². The molecule has 0 amide bonds. The molecule has 1 aromatic rings. The Balaban J connectivity index is 2.39. The summed E-state index contributed by atoms with van der Waals surface area (Å²) in [5.41, 5.74) is 0.912. The Hall–Kier alpha value is -0.720. The van der Waals surface area contributed by atoms with Gasteiger partial charge in [-0.3, -0.25) is 0 Å². The number of aromatic nitrogens is 2. The molecule has 0 bridgehead atoms. The summed E-state index contributed by atoms with van der Waals surface area (Å²) in [6.45, 7) is 11.2. The number of halogens is 1. The molecule has 0 aliphatic carbocycles. The van der Waals surface area contributed by atoms with Gasteiger partial charge in [0.25, 0.3) is 0 Å². The number of rotatable bonds is 4. The van der Waals surface area contributed by atoms with Crippen molar-refractivity contribution in [3.8, 4) is 0 Å². The summed E-state index contributed by atoms with van der Waals surface area (Å²) in [5.74, 6) is 1.53. The minimum absolute atomic E-state index is 0.0747. The lowest BCUT2D eigenvalue weighted by molar-refractivity contribution is -0.0936. The molecule has 2 rings (SSSR count). The molecule has 0 radical (unpaired) electrons. The van der Waals surface area contributed by atoms with Crippen molar-refractivity contribution in [2.75, 3.05) is 31.7 Å². The molecule has 0 aromatic carbocycles. The summed E-state index contributed by atoms with van der Waals surface area (Å²) in [6, 6.07) is 0. The Labute approximate surface area is 135 Å². The summed E-state index contributed by atoms with van der Waals surface area (Å²) >= 11 is 3.65. The van der Waals surface area contributed by atoms with Gasteiger partial charge in [-0.15, -0.1) is 0 Å². The molecule has 1 saturated heterocycles. The quantitative estimate of drug-likeness (QED) is 0.894. The van der Waals surface area contributed by atoms with E-state index in [1.54, 1.807) is 0 Å². The van der Waals surface area contributed by atoms with Crippen molar-refractivity contribution in [2.45, 2.75) is 45.6 Å². The van der Waals surface area contributed by atoms with Crippen molar-refractivity contribution in [2.24, 2.45) is 0 Å². The van der Waals surface area contributed by atoms with Gasteiger partial charge in [0.1, 0.15) is 11.9 Å². The highest BCUT2D eigenvalue weighted by Crippen LogP contribution is 2.34. The molecule has 1 aliphatic heterocycles. The van der Waals surface area contributed by atoms with E-state index in [2.05, 4.69) is 53.9 Å². The van der Waals surface area contributed by atoms with Crippen molar-refractivity contribution >= 4 is 21.7 Å². The van der Waals surface area contributed by atoms with Gasteiger partial charge in [-0.1, -0.05) is 27.7 Å². The number of nitrogens with zero attached hydrogens (tertiary/aromatic N) is 2. The maximum Gasteiger partial charge on any atom is 0.162 e. The van der Waals surface area contributed by atoms with Gasteiger partial charge >= 0.3 is 0 Å². The number of nitrogens with one attached hydrogen (secondary N) is 1. The second kappa shape index (κ2) is 7.03. The average molecular weight is 358 g/mol. The smallest absolute Gasteiger partial charge is 0.162 e. The summed E-state index contributed by atoms with van der Waals surface area (Å²) < 4.78 is 12.1. The fourth-order valence-electron chi connectivity index (χ4n) is 2.10. The molecule has 1 aliphatic rings. The van der Waals surface area contributed by atoms with E-state index in [1.165, 1.54) is 0 Å². The molecule has 1 N–H and O–H groups in total. The predicted molar refractivity (Wildman–Crippen MR) is 86.7 cm³/mol. The molecule has 21 heavy (non-hydrogen) atoms. The van der Waals surface area contributed by atoms with Crippen molar-refractivity contribution < 1.29 is 9.47 Å². The summed E-state index contributed by atoms with van der Waals surface area (Å²) in [7, 11) is 0. The van der Waals surface area contributed by atoms with Crippen molar-refractivity contribution in [3.05, 3.63) is 16.0 Å². The topological polar surface area (TPSA) is 56.3 Å². The molecule has 1 aromatic heterocycles. The monoisotopic (exact) mass is 357 g/mol. The Morgan fingerprint density at radius 2 is 2.05 bits per heavy atom. The highest BCUT2D eigenvalue weighted by molar-refractivity contribution is 9.10. The zero-order chi connectivity index (χ0) is 15.5. The number of ether oxygens (including phenoxy) is 2. The number of anilines is 1. The van der Waals surface area contributed by atoms with Crippen LogP contribution in [0.1, 0.15) is 51.7 Å². The zero-order valence-electron chi connectivity index (χ0n) is 13.2. The Bertz CT molecular complexity index is 483. The van der Waals surface area contributed by atoms with E-state index >= 15 is 0 Å². The van der Waals surface area contributed by atoms with E-state index in [9.17, 15) is 0 Å². The van der Waals surface area contributed by atoms with Crippen LogP contribution in [-0.2, 0) is 14.9 Å². The largest absolute Gasteiger partial charge is 0.376 e. The zero-order valence-corrected chi connectivity index (χ0v) is 14.8. The molecule has 0 spiro atoms. The van der Waals surface area contributed by atoms with Gasteiger partial charge in [0.05, 0.1) is 30.0 Å². The Morgan fingerprint density at radius 3 is 2.62 bits per heavy atom. The average Bonchev–Trinajstić information content (AvgIpc) is 2.46. The highest BCUT2D eigenvalue weighted by Gasteiger charge is 2.27. The van der Waals surface area contributed by atoms with Gasteiger partial charge in [-0.2, -0.15) is 0 Å². The van der Waals surface area contributed by atoms with E-state index in [0.717, 1.165) is 29.0 Å². The molecule has 5 nitrogen and oxygen atoms in total. The first-order valence-corrected chi connectivity index (χ1v) is 8.24. The molecule has 2 heterocycles. The van der Waals surface area contributed by atoms with E-state index < -0.39 is 0 Å². The van der Waals surface area contributed by atoms with E-state index in [-0.39, 0.29) is 11.5 Å². The number of hydrogen-bond donors (Lipinski definition) is 1. The van der Waals surface area contributed by atoms with Crippen LogP contribution in [0, 0.1) is 0 Å². The molecule has 0 saturated carbocycles. The van der Waals surface area contributed by atoms with Crippen LogP contribution >= 0.6 is 15.9 Å². The first-order chi connectivity index (χ1) is 9.93. The summed E-state index contributed by atoms with van der Waals surface area (Å²) in [5, 5.41) is 3.36. The van der Waals surface area contributed by atoms with E-state index in [1.807, 2.05) is 0 Å². The first kappa shape index (κ1) is 16.6. The maximum absolute atomic E-state index is 5.74. The fourth-order valence-corrected chi connectivity index (χ4v) is 3.01. The lowest BCUT2D eigenvalue weighted by Gasteiger charge is -2.26. The maximum atomic E-state index is 5.74. The van der Waals surface area contributed by atoms with Crippen LogP contribution in [0.15, 0.2) is 4.47 Å². The lowest BCUT2D eigenvalue weighted by Crippen LogP contribution is -2.26. The molecule has 1 unspecified atom stereocenters. The van der Waals surface area contributed by atoms with Crippen LogP contribution in [0.4, 0.5) is 5.82 Å². The van der Waals surface area contributed by atoms with Gasteiger partial charge in [0.15, 0.2) is 5.82 Å². The second-order valence-corrected chi connectivity index (χ2v) is 7.00. The minimum atomic E-state index is -0.185. The second-order valence-electron chi connectivity index (χ2n) is 6.20. The molecular weight excluding hydrogens is 334 g/mol. The van der Waals surface area contributed by atoms with Crippen molar-refractivity contribution in [1.29, 1.82) is 0 Å². The lowest BCUT2D eigenvalue weighted by atomic mass is 9.91. The predicted octanol–water partition coefficient (Wildman–Crippen LogP) is 3.45. The molecular formula is C15H24BrN3O2. The van der Waals surface area contributed by atoms with Gasteiger partial charge in [0, 0.05) is 12.0 Å². The van der Waals surface area contributed by atoms with E-state index in [0.29, 0.717) is 25.6 Å². The standard InChI is InChI=1S/C15H24BrN3O2/c1-5-6-17-14-11(16)12(15(2,3)4)18-13(19-14)10-9-20-7-8-21-10/h10H,5-9H2,1-4H3,(H,17,18,19). The van der Waals surface area contributed by atoms with Crippen LogP contribution < -0.4 is 5.32 Å². The van der Waals surface area contributed by atoms with Gasteiger partial charge in [-0.05, 0) is 22.4 Å². The summed E-state index contributed by atoms with van der Waals surface area (Å²) in [4.78, 5) is 9.37. The molecule has 118 valence electrons. The first-order valence-electron chi connectivity index (χ1n) is 7.44. The third kappa shape index (κ3) is 4.14. The Kier molecular flexibility index (Phi) is 5.57. The normalized spacial score (nSPS) is 19.6. The van der Waals surface area contributed by atoms with Gasteiger partial charge < -0.3 is 14.8 Å². The minimum Gasteiger partial charge on any atom is -0.376 e. The highest BCUT2D eigenvalue weighted by atomic mass is 79.9. The van der Waals surface area contributed by atoms with E-state index in [4.69, 9.17) is 14.5 Å². The van der Waals surface area contributed by atoms with Crippen molar-refractivity contribution in [3.63, 3.8) is 0 Å². The van der Waals surface area contributed by atoms with Gasteiger partial charge in [-0.25, -0.2) is 9.97 Å². The van der Waals surface area contributed by atoms with Gasteiger partial charge in [0.2, 0.25) is 0 Å². The van der Waals surface area contributed by atoms with Crippen molar-refractivity contribution in [1.82, 2.24) is 9.97 Å². The fraction of sp³-hybridized carbons (Fsp3) is 0.733.